The molecule has 0 spiro atoms. The Kier molecular flexibility index (Phi) is 3.69. The van der Waals surface area contributed by atoms with Crippen molar-refractivity contribution in [2.75, 3.05) is 4.72 Å². The Morgan fingerprint density at radius 1 is 1.19 bits per heavy atom. The van der Waals surface area contributed by atoms with Gasteiger partial charge in [0.25, 0.3) is 10.0 Å². The van der Waals surface area contributed by atoms with Crippen molar-refractivity contribution in [3.8, 4) is 0 Å². The molecule has 0 saturated heterocycles. The van der Waals surface area contributed by atoms with E-state index in [0.29, 0.717) is 11.1 Å². The first-order chi connectivity index (χ1) is 9.70. The van der Waals surface area contributed by atoms with Crippen LogP contribution >= 0.6 is 0 Å². The highest BCUT2D eigenvalue weighted by Gasteiger charge is 2.22. The maximum absolute atomic E-state index is 12.3. The summed E-state index contributed by atoms with van der Waals surface area (Å²) in [5.41, 5.74) is 0.816. The van der Waals surface area contributed by atoms with Crippen LogP contribution in [0.25, 0.3) is 0 Å². The van der Waals surface area contributed by atoms with Gasteiger partial charge < -0.3 is 9.52 Å². The summed E-state index contributed by atoms with van der Waals surface area (Å²) in [5, 5.41) is 16.1. The predicted molar refractivity (Wildman–Crippen MR) is 72.7 cm³/mol. The molecule has 0 saturated carbocycles. The zero-order valence-corrected chi connectivity index (χ0v) is 12.4. The molecule has 0 bridgehead atoms. The van der Waals surface area contributed by atoms with Gasteiger partial charge in [-0.05, 0) is 31.0 Å². The van der Waals surface area contributed by atoms with Crippen molar-refractivity contribution in [3.05, 3.63) is 34.7 Å². The van der Waals surface area contributed by atoms with Gasteiger partial charge in [0.15, 0.2) is 0 Å². The average Bonchev–Trinajstić information content (AvgIpc) is 2.72. The summed E-state index contributed by atoms with van der Waals surface area (Å²) in [6.07, 6.45) is 0. The lowest BCUT2D eigenvalue weighted by Gasteiger charge is -2.10. The molecule has 1 heterocycles. The summed E-state index contributed by atoms with van der Waals surface area (Å²) in [6, 6.07) is 2.33. The van der Waals surface area contributed by atoms with Crippen LogP contribution in [-0.2, 0) is 10.0 Å². The van der Waals surface area contributed by atoms with Crippen LogP contribution in [-0.4, -0.2) is 29.7 Å². The molecule has 8 nitrogen and oxygen atoms in total. The third-order valence-electron chi connectivity index (χ3n) is 2.79. The van der Waals surface area contributed by atoms with Gasteiger partial charge in [-0.15, -0.1) is 5.10 Å². The van der Waals surface area contributed by atoms with Crippen molar-refractivity contribution in [3.63, 3.8) is 0 Å². The largest absolute Gasteiger partial charge is 0.478 e. The van der Waals surface area contributed by atoms with Crippen molar-refractivity contribution in [2.45, 2.75) is 25.7 Å². The molecule has 112 valence electrons. The number of benzene rings is 1. The fourth-order valence-electron chi connectivity index (χ4n) is 1.86. The molecule has 0 unspecified atom stereocenters. The third kappa shape index (κ3) is 3.02. The van der Waals surface area contributed by atoms with E-state index in [-0.39, 0.29) is 22.4 Å². The number of aryl methyl sites for hydroxylation is 3. The van der Waals surface area contributed by atoms with Crippen LogP contribution in [0.15, 0.2) is 21.4 Å². The number of anilines is 1. The summed E-state index contributed by atoms with van der Waals surface area (Å²) in [6.45, 7) is 4.69. The summed E-state index contributed by atoms with van der Waals surface area (Å²) in [7, 11) is -4.01. The molecule has 2 rings (SSSR count). The predicted octanol–water partition coefficient (Wildman–Crippen LogP) is 1.49. The molecular weight excluding hydrogens is 298 g/mol. The lowest BCUT2D eigenvalue weighted by Crippen LogP contribution is -2.16. The highest BCUT2D eigenvalue weighted by molar-refractivity contribution is 7.92. The molecule has 0 fully saturated rings. The monoisotopic (exact) mass is 311 g/mol. The Morgan fingerprint density at radius 3 is 2.38 bits per heavy atom. The van der Waals surface area contributed by atoms with E-state index < -0.39 is 16.0 Å². The second-order valence-corrected chi connectivity index (χ2v) is 6.12. The molecule has 21 heavy (non-hydrogen) atoms. The first-order valence-corrected chi connectivity index (χ1v) is 7.36. The number of carbonyl (C=O) groups is 1. The van der Waals surface area contributed by atoms with E-state index in [4.69, 9.17) is 9.52 Å². The third-order valence-corrected chi connectivity index (χ3v) is 4.25. The van der Waals surface area contributed by atoms with Crippen LogP contribution in [0.5, 0.6) is 0 Å². The minimum absolute atomic E-state index is 0.0808. The van der Waals surface area contributed by atoms with Crippen molar-refractivity contribution < 1.29 is 22.7 Å². The Bertz CT molecular complexity index is 810. The molecule has 1 aromatic heterocycles. The van der Waals surface area contributed by atoms with Gasteiger partial charge in [-0.25, -0.2) is 17.9 Å². The highest BCUT2D eigenvalue weighted by atomic mass is 32.2. The Labute approximate surface area is 120 Å². The molecule has 0 aliphatic carbocycles. The summed E-state index contributed by atoms with van der Waals surface area (Å²) in [4.78, 5) is 11.0. The lowest BCUT2D eigenvalue weighted by atomic mass is 10.1. The summed E-state index contributed by atoms with van der Waals surface area (Å²) < 4.78 is 31.6. The smallest absolute Gasteiger partial charge is 0.335 e. The van der Waals surface area contributed by atoms with Crippen LogP contribution in [0.4, 0.5) is 6.01 Å². The lowest BCUT2D eigenvalue weighted by molar-refractivity contribution is 0.0696. The van der Waals surface area contributed by atoms with Crippen LogP contribution in [0.2, 0.25) is 0 Å². The molecular formula is C12H13N3O5S. The molecule has 0 atom stereocenters. The maximum atomic E-state index is 12.3. The van der Waals surface area contributed by atoms with Gasteiger partial charge in [0.1, 0.15) is 0 Å². The van der Waals surface area contributed by atoms with E-state index >= 15 is 0 Å². The highest BCUT2D eigenvalue weighted by Crippen LogP contribution is 2.22. The Hall–Kier alpha value is -2.42. The second-order valence-electron chi connectivity index (χ2n) is 4.47. The van der Waals surface area contributed by atoms with Crippen molar-refractivity contribution in [2.24, 2.45) is 0 Å². The van der Waals surface area contributed by atoms with Gasteiger partial charge in [0.2, 0.25) is 5.89 Å². The van der Waals surface area contributed by atoms with Crippen molar-refractivity contribution in [1.82, 2.24) is 10.2 Å². The van der Waals surface area contributed by atoms with E-state index in [1.54, 1.807) is 13.8 Å². The van der Waals surface area contributed by atoms with Gasteiger partial charge in [-0.2, -0.15) is 0 Å². The normalized spacial score (nSPS) is 11.4. The average molecular weight is 311 g/mol. The molecule has 2 N–H and O–H groups in total. The number of rotatable bonds is 4. The van der Waals surface area contributed by atoms with Crippen LogP contribution < -0.4 is 4.72 Å². The maximum Gasteiger partial charge on any atom is 0.335 e. The zero-order valence-electron chi connectivity index (χ0n) is 11.5. The molecule has 9 heteroatoms. The van der Waals surface area contributed by atoms with Gasteiger partial charge in [0.05, 0.1) is 10.5 Å². The summed E-state index contributed by atoms with van der Waals surface area (Å²) >= 11 is 0. The molecule has 2 aromatic rings. The van der Waals surface area contributed by atoms with Crippen LogP contribution in [0.1, 0.15) is 27.4 Å². The SMILES string of the molecule is Cc1nnc(NS(=O)(=O)c2cc(C(=O)O)c(C)cc2C)o1. The number of carboxylic acids is 1. The number of hydrogen-bond acceptors (Lipinski definition) is 6. The van der Waals surface area contributed by atoms with Gasteiger partial charge in [-0.3, -0.25) is 0 Å². The topological polar surface area (TPSA) is 122 Å². The van der Waals surface area contributed by atoms with Crippen molar-refractivity contribution >= 4 is 22.0 Å². The minimum Gasteiger partial charge on any atom is -0.478 e. The fourth-order valence-corrected chi connectivity index (χ4v) is 3.04. The van der Waals surface area contributed by atoms with E-state index in [1.165, 1.54) is 13.0 Å². The number of aromatic nitrogens is 2. The minimum atomic E-state index is -4.01. The molecule has 0 amide bonds. The number of nitrogens with one attached hydrogen (secondary N) is 1. The standard InChI is InChI=1S/C12H13N3O5S/c1-6-4-7(2)10(5-9(6)11(16)17)21(18,19)15-12-14-13-8(3)20-12/h4-5H,1-3H3,(H,14,15)(H,16,17). The summed E-state index contributed by atoms with van der Waals surface area (Å²) in [5.74, 6) is -0.989. The van der Waals surface area contributed by atoms with Gasteiger partial charge in [0, 0.05) is 6.92 Å². The van der Waals surface area contributed by atoms with Gasteiger partial charge >= 0.3 is 12.0 Å². The molecule has 0 aliphatic rings. The number of hydrogen-bond donors (Lipinski definition) is 2. The Balaban J connectivity index is 2.49. The number of carboxylic acid groups (broad SMARTS) is 1. The van der Waals surface area contributed by atoms with E-state index in [0.717, 1.165) is 6.07 Å². The fraction of sp³-hybridized carbons (Fsp3) is 0.250. The Morgan fingerprint density at radius 2 is 1.86 bits per heavy atom. The van der Waals surface area contributed by atoms with E-state index in [9.17, 15) is 13.2 Å². The number of aromatic carboxylic acids is 1. The van der Waals surface area contributed by atoms with E-state index in [2.05, 4.69) is 14.9 Å². The number of sulfonamides is 1. The van der Waals surface area contributed by atoms with Crippen LogP contribution in [0.3, 0.4) is 0 Å². The quantitative estimate of drug-likeness (QED) is 0.877. The first kappa shape index (κ1) is 15.0. The van der Waals surface area contributed by atoms with E-state index in [1.807, 2.05) is 0 Å². The second kappa shape index (κ2) is 5.17. The molecule has 1 aromatic carbocycles. The molecule has 0 aliphatic heterocycles. The first-order valence-electron chi connectivity index (χ1n) is 5.88. The van der Waals surface area contributed by atoms with Crippen molar-refractivity contribution in [1.29, 1.82) is 0 Å². The zero-order chi connectivity index (χ0) is 15.8. The van der Waals surface area contributed by atoms with Gasteiger partial charge in [-0.1, -0.05) is 11.2 Å². The molecule has 0 radical (unpaired) electrons. The number of nitrogens with zero attached hydrogens (tertiary/aromatic N) is 2. The van der Waals surface area contributed by atoms with Crippen LogP contribution in [0, 0.1) is 20.8 Å².